The van der Waals surface area contributed by atoms with Crippen LogP contribution >= 0.6 is 0 Å². The van der Waals surface area contributed by atoms with Gasteiger partial charge in [0.1, 0.15) is 5.82 Å². The Morgan fingerprint density at radius 2 is 2.13 bits per heavy atom. The monoisotopic (exact) mass is 197 g/mol. The fourth-order valence-electron chi connectivity index (χ4n) is 1.57. The molecule has 0 N–H and O–H groups in total. The number of aryl methyl sites for hydroxylation is 2. The Morgan fingerprint density at radius 3 is 2.67 bits per heavy atom. The first-order valence-corrected chi connectivity index (χ1v) is 4.73. The number of aromatic nitrogens is 2. The highest BCUT2D eigenvalue weighted by atomic mass is 15.1. The van der Waals surface area contributed by atoms with Crippen LogP contribution in [0.25, 0.3) is 5.69 Å². The second-order valence-corrected chi connectivity index (χ2v) is 3.46. The van der Waals surface area contributed by atoms with Crippen molar-refractivity contribution in [3.05, 3.63) is 47.5 Å². The summed E-state index contributed by atoms with van der Waals surface area (Å²) in [6, 6.07) is 7.92. The van der Waals surface area contributed by atoms with E-state index in [1.54, 1.807) is 6.20 Å². The van der Waals surface area contributed by atoms with Crippen LogP contribution in [0.1, 0.15) is 17.0 Å². The van der Waals surface area contributed by atoms with Crippen LogP contribution in [0.3, 0.4) is 0 Å². The number of rotatable bonds is 1. The summed E-state index contributed by atoms with van der Waals surface area (Å²) in [5.41, 5.74) is 2.75. The number of benzene rings is 1. The standard InChI is InChI=1S/C12H11N3/c1-9-7-12(4-3-11(9)8-13)15-6-5-14-10(15)2/h3-7H,1-2H3. The van der Waals surface area contributed by atoms with Crippen LogP contribution in [-0.4, -0.2) is 9.55 Å². The van der Waals surface area contributed by atoms with E-state index in [-0.39, 0.29) is 0 Å². The minimum absolute atomic E-state index is 0.719. The third-order valence-corrected chi connectivity index (χ3v) is 2.43. The molecule has 0 aliphatic heterocycles. The van der Waals surface area contributed by atoms with E-state index < -0.39 is 0 Å². The molecule has 0 spiro atoms. The molecular weight excluding hydrogens is 186 g/mol. The molecule has 0 aliphatic rings. The van der Waals surface area contributed by atoms with Gasteiger partial charge in [-0.15, -0.1) is 0 Å². The molecule has 1 heterocycles. The summed E-state index contributed by atoms with van der Waals surface area (Å²) in [4.78, 5) is 4.16. The van der Waals surface area contributed by atoms with Crippen LogP contribution in [0.4, 0.5) is 0 Å². The summed E-state index contributed by atoms with van der Waals surface area (Å²) in [5.74, 6) is 0.944. The molecule has 3 heteroatoms. The molecule has 2 aromatic rings. The van der Waals surface area contributed by atoms with E-state index in [2.05, 4.69) is 11.1 Å². The summed E-state index contributed by atoms with van der Waals surface area (Å²) in [6.07, 6.45) is 3.68. The topological polar surface area (TPSA) is 41.6 Å². The van der Waals surface area contributed by atoms with E-state index in [1.165, 1.54) is 0 Å². The predicted molar refractivity (Wildman–Crippen MR) is 57.8 cm³/mol. The molecule has 1 aromatic heterocycles. The number of nitriles is 1. The van der Waals surface area contributed by atoms with Crippen molar-refractivity contribution in [3.63, 3.8) is 0 Å². The molecule has 0 fully saturated rings. The number of nitrogens with zero attached hydrogens (tertiary/aromatic N) is 3. The van der Waals surface area contributed by atoms with Crippen LogP contribution in [0.5, 0.6) is 0 Å². The van der Waals surface area contributed by atoms with Crippen LogP contribution in [0.15, 0.2) is 30.6 Å². The van der Waals surface area contributed by atoms with Crippen LogP contribution in [0, 0.1) is 25.2 Å². The van der Waals surface area contributed by atoms with Crippen molar-refractivity contribution in [1.82, 2.24) is 9.55 Å². The van der Waals surface area contributed by atoms with E-state index in [1.807, 2.05) is 42.8 Å². The highest BCUT2D eigenvalue weighted by Crippen LogP contribution is 2.15. The summed E-state index contributed by atoms with van der Waals surface area (Å²) in [6.45, 7) is 3.89. The summed E-state index contributed by atoms with van der Waals surface area (Å²) in [7, 11) is 0. The van der Waals surface area contributed by atoms with Crippen molar-refractivity contribution in [2.45, 2.75) is 13.8 Å². The SMILES string of the molecule is Cc1cc(-n2ccnc2C)ccc1C#N. The van der Waals surface area contributed by atoms with E-state index in [0.29, 0.717) is 0 Å². The molecule has 2 rings (SSSR count). The Balaban J connectivity index is 2.53. The van der Waals surface area contributed by atoms with E-state index in [0.717, 1.165) is 22.6 Å². The van der Waals surface area contributed by atoms with E-state index in [9.17, 15) is 0 Å². The predicted octanol–water partition coefficient (Wildman–Crippen LogP) is 2.36. The molecule has 0 atom stereocenters. The summed E-state index contributed by atoms with van der Waals surface area (Å²) in [5, 5.41) is 8.83. The van der Waals surface area contributed by atoms with Gasteiger partial charge in [0.2, 0.25) is 0 Å². The van der Waals surface area contributed by atoms with Crippen molar-refractivity contribution in [1.29, 1.82) is 5.26 Å². The summed E-state index contributed by atoms with van der Waals surface area (Å²) < 4.78 is 1.99. The van der Waals surface area contributed by atoms with Crippen LogP contribution in [0.2, 0.25) is 0 Å². The van der Waals surface area contributed by atoms with Crippen molar-refractivity contribution in [2.24, 2.45) is 0 Å². The van der Waals surface area contributed by atoms with Gasteiger partial charge in [-0.3, -0.25) is 0 Å². The molecule has 1 aromatic carbocycles. The van der Waals surface area contributed by atoms with E-state index >= 15 is 0 Å². The van der Waals surface area contributed by atoms with Gasteiger partial charge < -0.3 is 4.57 Å². The molecule has 0 saturated carbocycles. The molecule has 0 amide bonds. The zero-order chi connectivity index (χ0) is 10.8. The zero-order valence-electron chi connectivity index (χ0n) is 8.73. The Bertz CT molecular complexity index is 532. The lowest BCUT2D eigenvalue weighted by Gasteiger charge is -2.06. The van der Waals surface area contributed by atoms with Crippen molar-refractivity contribution >= 4 is 0 Å². The Labute approximate surface area is 88.6 Å². The van der Waals surface area contributed by atoms with Crippen LogP contribution in [-0.2, 0) is 0 Å². The minimum Gasteiger partial charge on any atom is -0.304 e. The highest BCUT2D eigenvalue weighted by Gasteiger charge is 2.02. The second-order valence-electron chi connectivity index (χ2n) is 3.46. The van der Waals surface area contributed by atoms with Gasteiger partial charge in [0.05, 0.1) is 11.6 Å². The fraction of sp³-hybridized carbons (Fsp3) is 0.167. The molecule has 0 aliphatic carbocycles. The third kappa shape index (κ3) is 1.62. The molecule has 74 valence electrons. The van der Waals surface area contributed by atoms with Gasteiger partial charge in [-0.05, 0) is 37.6 Å². The maximum absolute atomic E-state index is 8.83. The first-order valence-electron chi connectivity index (χ1n) is 4.73. The van der Waals surface area contributed by atoms with Gasteiger partial charge in [-0.1, -0.05) is 0 Å². The Hall–Kier alpha value is -2.08. The van der Waals surface area contributed by atoms with Crippen molar-refractivity contribution < 1.29 is 0 Å². The largest absolute Gasteiger partial charge is 0.304 e. The third-order valence-electron chi connectivity index (χ3n) is 2.43. The van der Waals surface area contributed by atoms with Gasteiger partial charge in [-0.2, -0.15) is 5.26 Å². The summed E-state index contributed by atoms with van der Waals surface area (Å²) >= 11 is 0. The van der Waals surface area contributed by atoms with Gasteiger partial charge in [-0.25, -0.2) is 4.98 Å². The molecule has 0 radical (unpaired) electrons. The minimum atomic E-state index is 0.719. The second kappa shape index (κ2) is 3.58. The normalized spacial score (nSPS) is 9.93. The smallest absolute Gasteiger partial charge is 0.110 e. The van der Waals surface area contributed by atoms with Crippen molar-refractivity contribution in [2.75, 3.05) is 0 Å². The van der Waals surface area contributed by atoms with Gasteiger partial charge in [0, 0.05) is 18.1 Å². The first-order chi connectivity index (χ1) is 7.22. The molecule has 0 unspecified atom stereocenters. The Kier molecular flexibility index (Phi) is 2.26. The fourth-order valence-corrected chi connectivity index (χ4v) is 1.57. The first kappa shape index (κ1) is 9.47. The maximum atomic E-state index is 8.83. The lowest BCUT2D eigenvalue weighted by molar-refractivity contribution is 0.972. The van der Waals surface area contributed by atoms with Crippen molar-refractivity contribution in [3.8, 4) is 11.8 Å². The molecule has 0 bridgehead atoms. The lowest BCUT2D eigenvalue weighted by Crippen LogP contribution is -1.96. The number of hydrogen-bond acceptors (Lipinski definition) is 2. The van der Waals surface area contributed by atoms with E-state index in [4.69, 9.17) is 5.26 Å². The van der Waals surface area contributed by atoms with Gasteiger partial charge in [0.25, 0.3) is 0 Å². The average molecular weight is 197 g/mol. The van der Waals surface area contributed by atoms with Gasteiger partial charge in [0.15, 0.2) is 0 Å². The Morgan fingerprint density at radius 1 is 1.33 bits per heavy atom. The number of imidazole rings is 1. The number of hydrogen-bond donors (Lipinski definition) is 0. The van der Waals surface area contributed by atoms with Crippen LogP contribution < -0.4 is 0 Å². The van der Waals surface area contributed by atoms with Gasteiger partial charge >= 0.3 is 0 Å². The molecule has 3 nitrogen and oxygen atoms in total. The maximum Gasteiger partial charge on any atom is 0.110 e. The quantitative estimate of drug-likeness (QED) is 0.704. The highest BCUT2D eigenvalue weighted by molar-refractivity contribution is 5.45. The average Bonchev–Trinajstić information content (AvgIpc) is 2.64. The zero-order valence-corrected chi connectivity index (χ0v) is 8.73. The molecule has 15 heavy (non-hydrogen) atoms. The lowest BCUT2D eigenvalue weighted by atomic mass is 10.1. The molecule has 0 saturated heterocycles. The molecular formula is C12H11N3.